The molecule has 2 rings (SSSR count). The Balaban J connectivity index is 2.46. The Labute approximate surface area is 232 Å². The number of nitrogens with zero attached hydrogens (tertiary/aromatic N) is 1. The van der Waals surface area contributed by atoms with E-state index in [9.17, 15) is 4.79 Å². The number of aliphatic imine (C=N–C) groups is 1. The maximum atomic E-state index is 15.6. The van der Waals surface area contributed by atoms with Crippen molar-refractivity contribution < 1.29 is 13.9 Å². The van der Waals surface area contributed by atoms with E-state index in [4.69, 9.17) is 4.74 Å². The molecule has 0 amide bonds. The molecule has 0 heterocycles. The number of carbonyl (C=O) groups is 1. The van der Waals surface area contributed by atoms with E-state index < -0.39 is 5.82 Å². The van der Waals surface area contributed by atoms with Crippen molar-refractivity contribution in [3.05, 3.63) is 119 Å². The van der Waals surface area contributed by atoms with E-state index in [1.807, 2.05) is 83.2 Å². The lowest BCUT2D eigenvalue weighted by Crippen LogP contribution is -2.09. The van der Waals surface area contributed by atoms with E-state index in [1.165, 1.54) is 0 Å². The lowest BCUT2D eigenvalue weighted by molar-refractivity contribution is 0.101. The van der Waals surface area contributed by atoms with Crippen molar-refractivity contribution in [3.63, 3.8) is 0 Å². The summed E-state index contributed by atoms with van der Waals surface area (Å²) in [6.45, 7) is 16.7. The van der Waals surface area contributed by atoms with Gasteiger partial charge in [-0.2, -0.15) is 0 Å². The first-order valence-corrected chi connectivity index (χ1v) is 13.0. The van der Waals surface area contributed by atoms with Crippen LogP contribution in [0.4, 0.5) is 10.1 Å². The van der Waals surface area contributed by atoms with E-state index in [0.717, 1.165) is 34.6 Å². The molecule has 204 valence electrons. The monoisotopic (exact) mass is 526 g/mol. The SMILES string of the molecule is C=C(C)Oc1ccc(/C(C)=C/N=C(C)/C(=C\C=C/C)Nc2ccc(C(C)=O)c(CC)c2)c(F)c1/C=C\C=C/C. The van der Waals surface area contributed by atoms with Gasteiger partial charge in [0.25, 0.3) is 0 Å². The van der Waals surface area contributed by atoms with Gasteiger partial charge < -0.3 is 10.1 Å². The van der Waals surface area contributed by atoms with Gasteiger partial charge in [0.15, 0.2) is 5.78 Å². The predicted molar refractivity (Wildman–Crippen MR) is 165 cm³/mol. The molecule has 4 nitrogen and oxygen atoms in total. The van der Waals surface area contributed by atoms with Gasteiger partial charge in [-0.05, 0) is 102 Å². The minimum Gasteiger partial charge on any atom is -0.462 e. The number of ether oxygens (including phenoxy) is 1. The Kier molecular flexibility index (Phi) is 12.1. The van der Waals surface area contributed by atoms with Crippen LogP contribution in [0.5, 0.6) is 5.75 Å². The summed E-state index contributed by atoms with van der Waals surface area (Å²) in [4.78, 5) is 16.6. The molecule has 0 unspecified atom stereocenters. The minimum atomic E-state index is -0.392. The second-order valence-corrected chi connectivity index (χ2v) is 9.07. The van der Waals surface area contributed by atoms with Crippen LogP contribution in [0.2, 0.25) is 0 Å². The standard InChI is InChI=1S/C34H39FN2O2/c1-9-12-14-15-31-33(39-23(4)5)20-19-29(34(31)35)24(6)22-36-25(7)32(16-13-10-2)37-28-17-18-30(26(8)38)27(11-3)21-28/h9-10,12-22,37H,4,11H2,1-3,5-8H3/b12-9-,13-10-,15-14-,24-22+,32-16+,36-25+. The van der Waals surface area contributed by atoms with Crippen LogP contribution in [0.25, 0.3) is 11.6 Å². The molecule has 39 heavy (non-hydrogen) atoms. The number of carbonyl (C=O) groups excluding carboxylic acids is 1. The van der Waals surface area contributed by atoms with E-state index in [2.05, 4.69) is 16.9 Å². The van der Waals surface area contributed by atoms with Gasteiger partial charge in [-0.3, -0.25) is 9.79 Å². The highest BCUT2D eigenvalue weighted by molar-refractivity contribution is 6.02. The third-order valence-corrected chi connectivity index (χ3v) is 5.86. The van der Waals surface area contributed by atoms with E-state index in [1.54, 1.807) is 44.3 Å². The van der Waals surface area contributed by atoms with Gasteiger partial charge in [0.1, 0.15) is 11.6 Å². The second-order valence-electron chi connectivity index (χ2n) is 9.07. The maximum Gasteiger partial charge on any atom is 0.160 e. The fraction of sp³-hybridized carbons (Fsp3) is 0.235. The minimum absolute atomic E-state index is 0.0494. The number of hydrogen-bond acceptors (Lipinski definition) is 4. The van der Waals surface area contributed by atoms with E-state index in [-0.39, 0.29) is 5.78 Å². The van der Waals surface area contributed by atoms with Crippen LogP contribution in [0, 0.1) is 5.82 Å². The van der Waals surface area contributed by atoms with Gasteiger partial charge in [-0.1, -0.05) is 43.9 Å². The van der Waals surface area contributed by atoms with E-state index in [0.29, 0.717) is 28.2 Å². The number of benzene rings is 2. The fourth-order valence-corrected chi connectivity index (χ4v) is 3.82. The first kappa shape index (κ1) is 31.0. The summed E-state index contributed by atoms with van der Waals surface area (Å²) in [6.07, 6.45) is 15.3. The van der Waals surface area contributed by atoms with Gasteiger partial charge in [0.2, 0.25) is 0 Å². The van der Waals surface area contributed by atoms with Crippen LogP contribution in [0.15, 0.2) is 96.0 Å². The summed E-state index contributed by atoms with van der Waals surface area (Å²) in [5.41, 5.74) is 5.52. The normalized spacial score (nSPS) is 13.1. The van der Waals surface area contributed by atoms with Crippen molar-refractivity contribution >= 4 is 28.8 Å². The average Bonchev–Trinajstić information content (AvgIpc) is 2.90. The van der Waals surface area contributed by atoms with Crippen molar-refractivity contribution in [2.75, 3.05) is 5.32 Å². The molecule has 0 atom stereocenters. The smallest absolute Gasteiger partial charge is 0.160 e. The molecule has 5 heteroatoms. The number of Topliss-reactive ketones (excluding diaryl/α,β-unsaturated/α-hetero) is 1. The molecule has 0 spiro atoms. The summed E-state index contributed by atoms with van der Waals surface area (Å²) in [6, 6.07) is 9.15. The Hall–Kier alpha value is -4.25. The van der Waals surface area contributed by atoms with E-state index >= 15 is 4.39 Å². The summed E-state index contributed by atoms with van der Waals surface area (Å²) < 4.78 is 21.3. The quantitative estimate of drug-likeness (QED) is 0.130. The molecule has 2 aromatic rings. The van der Waals surface area contributed by atoms with Crippen LogP contribution in [0.1, 0.15) is 75.5 Å². The summed E-state index contributed by atoms with van der Waals surface area (Å²) in [7, 11) is 0. The third-order valence-electron chi connectivity index (χ3n) is 5.86. The third kappa shape index (κ3) is 8.92. The number of ketones is 1. The van der Waals surface area contributed by atoms with Crippen molar-refractivity contribution in [2.45, 2.75) is 54.9 Å². The van der Waals surface area contributed by atoms with Gasteiger partial charge in [0, 0.05) is 23.0 Å². The van der Waals surface area contributed by atoms with Gasteiger partial charge in [-0.15, -0.1) is 0 Å². The maximum absolute atomic E-state index is 15.6. The Morgan fingerprint density at radius 1 is 1.03 bits per heavy atom. The molecule has 0 aliphatic carbocycles. The molecule has 0 bridgehead atoms. The molecule has 0 aliphatic heterocycles. The molecule has 0 radical (unpaired) electrons. The average molecular weight is 527 g/mol. The lowest BCUT2D eigenvalue weighted by atomic mass is 10.0. The number of allylic oxidation sites excluding steroid dienone is 9. The predicted octanol–water partition coefficient (Wildman–Crippen LogP) is 9.49. The van der Waals surface area contributed by atoms with Gasteiger partial charge >= 0.3 is 0 Å². The Morgan fingerprint density at radius 2 is 1.72 bits per heavy atom. The second kappa shape index (κ2) is 15.2. The van der Waals surface area contributed by atoms with Crippen LogP contribution in [-0.4, -0.2) is 11.5 Å². The zero-order valence-corrected chi connectivity index (χ0v) is 24.1. The number of aryl methyl sites for hydroxylation is 1. The number of nitrogens with one attached hydrogen (secondary N) is 1. The first-order chi connectivity index (χ1) is 18.6. The number of rotatable bonds is 12. The Morgan fingerprint density at radius 3 is 2.33 bits per heavy atom. The molecule has 0 aliphatic rings. The molecule has 0 saturated heterocycles. The number of hydrogen-bond donors (Lipinski definition) is 1. The molecule has 0 aromatic heterocycles. The molecular formula is C34H39FN2O2. The fourth-order valence-electron chi connectivity index (χ4n) is 3.82. The van der Waals surface area contributed by atoms with Crippen LogP contribution >= 0.6 is 0 Å². The largest absolute Gasteiger partial charge is 0.462 e. The molecule has 0 saturated carbocycles. The van der Waals surface area contributed by atoms with Crippen LogP contribution in [-0.2, 0) is 6.42 Å². The first-order valence-electron chi connectivity index (χ1n) is 13.0. The molecule has 2 aromatic carbocycles. The zero-order valence-electron chi connectivity index (χ0n) is 24.1. The van der Waals surface area contributed by atoms with Crippen molar-refractivity contribution in [1.29, 1.82) is 0 Å². The number of halogens is 1. The highest BCUT2D eigenvalue weighted by Gasteiger charge is 2.14. The highest BCUT2D eigenvalue weighted by Crippen LogP contribution is 2.31. The lowest BCUT2D eigenvalue weighted by Gasteiger charge is -2.14. The highest BCUT2D eigenvalue weighted by atomic mass is 19.1. The summed E-state index contributed by atoms with van der Waals surface area (Å²) in [5, 5.41) is 3.42. The van der Waals surface area contributed by atoms with Crippen molar-refractivity contribution in [3.8, 4) is 5.75 Å². The topological polar surface area (TPSA) is 50.7 Å². The van der Waals surface area contributed by atoms with Crippen molar-refractivity contribution in [1.82, 2.24) is 0 Å². The van der Waals surface area contributed by atoms with Crippen LogP contribution in [0.3, 0.4) is 0 Å². The summed E-state index contributed by atoms with van der Waals surface area (Å²) >= 11 is 0. The molecular weight excluding hydrogens is 487 g/mol. The molecule has 0 fully saturated rings. The van der Waals surface area contributed by atoms with Gasteiger partial charge in [0.05, 0.1) is 22.7 Å². The summed E-state index contributed by atoms with van der Waals surface area (Å²) in [5.74, 6) is 0.537. The number of anilines is 1. The Bertz CT molecular complexity index is 1390. The van der Waals surface area contributed by atoms with Gasteiger partial charge in [-0.25, -0.2) is 4.39 Å². The van der Waals surface area contributed by atoms with Crippen molar-refractivity contribution in [2.24, 2.45) is 4.99 Å². The zero-order chi connectivity index (χ0) is 28.9. The van der Waals surface area contributed by atoms with Crippen LogP contribution < -0.4 is 10.1 Å². The molecule has 1 N–H and O–H groups in total.